The van der Waals surface area contributed by atoms with Crippen LogP contribution in [0, 0.1) is 6.92 Å². The van der Waals surface area contributed by atoms with Crippen molar-refractivity contribution in [3.05, 3.63) is 114 Å². The molecule has 4 aromatic rings. The number of carboxylic acids is 1. The third kappa shape index (κ3) is 6.04. The largest absolute Gasteiger partial charge is 0.478 e. The zero-order chi connectivity index (χ0) is 26.4. The number of aromatic carboxylic acids is 1. The number of H-pyrrole nitrogens is 1. The van der Waals surface area contributed by atoms with Crippen LogP contribution in [0.4, 0.5) is 0 Å². The van der Waals surface area contributed by atoms with Crippen molar-refractivity contribution in [1.29, 1.82) is 0 Å². The molecule has 2 aromatic carbocycles. The number of aryl methyl sites for hydroxylation is 1. The molecule has 0 saturated carbocycles. The second kappa shape index (κ2) is 12.0. The zero-order valence-corrected chi connectivity index (χ0v) is 21.9. The molecule has 36 heavy (non-hydrogen) atoms. The Hall–Kier alpha value is -3.40. The summed E-state index contributed by atoms with van der Waals surface area (Å²) < 4.78 is 0.970. The molecule has 0 saturated heterocycles. The molecule has 2 aromatic heterocycles. The van der Waals surface area contributed by atoms with Crippen molar-refractivity contribution in [1.82, 2.24) is 19.7 Å². The summed E-state index contributed by atoms with van der Waals surface area (Å²) in [5.41, 5.74) is 1.34. The molecule has 0 fully saturated rings. The van der Waals surface area contributed by atoms with E-state index >= 15 is 0 Å². The van der Waals surface area contributed by atoms with Crippen LogP contribution in [0.5, 0.6) is 0 Å². The van der Waals surface area contributed by atoms with Crippen LogP contribution in [-0.4, -0.2) is 30.8 Å². The van der Waals surface area contributed by atoms with Crippen molar-refractivity contribution >= 4 is 40.9 Å². The molecule has 8 nitrogen and oxygen atoms in total. The summed E-state index contributed by atoms with van der Waals surface area (Å²) in [7, 11) is 0. The normalized spacial score (nSPS) is 11.4. The van der Waals surface area contributed by atoms with Gasteiger partial charge in [-0.15, -0.1) is 0 Å². The molecular weight excluding hydrogens is 523 g/mol. The molecule has 0 aliphatic heterocycles. The molecule has 186 valence electrons. The van der Waals surface area contributed by atoms with Crippen LogP contribution in [0.3, 0.4) is 0 Å². The quantitative estimate of drug-likeness (QED) is 0.306. The molecule has 0 spiro atoms. The molecule has 0 bridgehead atoms. The van der Waals surface area contributed by atoms with Gasteiger partial charge in [0.1, 0.15) is 11.2 Å². The number of nitrogens with zero attached hydrogens (tertiary/aromatic N) is 3. The Morgan fingerprint density at radius 1 is 1.08 bits per heavy atom. The molecule has 0 aliphatic rings. The molecule has 2 N–H and O–H groups in total. The lowest BCUT2D eigenvalue weighted by Crippen LogP contribution is -2.30. The lowest BCUT2D eigenvalue weighted by Gasteiger charge is -2.21. The Balaban J connectivity index is 0.00000176. The van der Waals surface area contributed by atoms with Crippen molar-refractivity contribution in [3.63, 3.8) is 0 Å². The fourth-order valence-electron chi connectivity index (χ4n) is 3.27. The van der Waals surface area contributed by atoms with Crippen LogP contribution >= 0.6 is 35.0 Å². The number of aromatic amines is 1. The number of benzene rings is 2. The van der Waals surface area contributed by atoms with Gasteiger partial charge in [0.2, 0.25) is 0 Å². The van der Waals surface area contributed by atoms with E-state index in [4.69, 9.17) is 23.2 Å². The molecule has 2 heterocycles. The van der Waals surface area contributed by atoms with E-state index in [1.54, 1.807) is 6.07 Å². The molecule has 0 aliphatic carbocycles. The average Bonchev–Trinajstić information content (AvgIpc) is 2.85. The number of thioether (sulfide) groups is 1. The van der Waals surface area contributed by atoms with Gasteiger partial charge in [0.05, 0.1) is 16.5 Å². The number of halogens is 2. The van der Waals surface area contributed by atoms with Gasteiger partial charge in [-0.25, -0.2) is 14.6 Å². The highest BCUT2D eigenvalue weighted by molar-refractivity contribution is 7.99. The lowest BCUT2D eigenvalue weighted by atomic mass is 10.0. The first-order valence-corrected chi connectivity index (χ1v) is 12.5. The average molecular weight is 545 g/mol. The van der Waals surface area contributed by atoms with Crippen molar-refractivity contribution in [2.24, 2.45) is 0 Å². The highest BCUT2D eigenvalue weighted by Crippen LogP contribution is 2.46. The van der Waals surface area contributed by atoms with Gasteiger partial charge in [-0.1, -0.05) is 78.6 Å². The fourth-order valence-corrected chi connectivity index (χ4v) is 5.39. The maximum atomic E-state index is 12.2. The summed E-state index contributed by atoms with van der Waals surface area (Å²) in [6.45, 7) is 5.96. The van der Waals surface area contributed by atoms with Crippen molar-refractivity contribution in [2.45, 2.75) is 31.0 Å². The van der Waals surface area contributed by atoms with Crippen molar-refractivity contribution < 1.29 is 9.90 Å². The van der Waals surface area contributed by atoms with Crippen LogP contribution in [0.1, 0.15) is 46.1 Å². The van der Waals surface area contributed by atoms with Crippen LogP contribution < -0.4 is 11.2 Å². The summed E-state index contributed by atoms with van der Waals surface area (Å²) in [6.07, 6.45) is 2.48. The van der Waals surface area contributed by atoms with Crippen LogP contribution in [0.15, 0.2) is 75.5 Å². The highest BCUT2D eigenvalue weighted by atomic mass is 35.5. The number of pyridine rings is 1. The molecule has 11 heteroatoms. The second-order valence-corrected chi connectivity index (χ2v) is 9.15. The predicted molar refractivity (Wildman–Crippen MR) is 142 cm³/mol. The maximum Gasteiger partial charge on any atom is 0.349 e. The Labute approximate surface area is 220 Å². The summed E-state index contributed by atoms with van der Waals surface area (Å²) in [5, 5.41) is 13.7. The Kier molecular flexibility index (Phi) is 9.08. The topological polar surface area (TPSA) is 118 Å². The minimum Gasteiger partial charge on any atom is -0.478 e. The number of rotatable bonds is 6. The van der Waals surface area contributed by atoms with Crippen molar-refractivity contribution in [2.75, 3.05) is 0 Å². The first kappa shape index (κ1) is 27.2. The molecule has 1 unspecified atom stereocenters. The standard InChI is InChI=1S/C23H16Cl2N4O4S.C2H6/c1-12-4-6-13(7-5-12)20(34-21-15(22(31)32)3-2-8-26-21)19-16(24)9-14(10-17(19)25)29-23(33)28-18(30)11-27-29;1-2/h2-11,20H,1H3,(H,31,32)(H,28,30,33);1-2H3. The number of carboxylic acid groups (broad SMARTS) is 1. The Morgan fingerprint density at radius 3 is 2.31 bits per heavy atom. The monoisotopic (exact) mass is 544 g/mol. The van der Waals surface area contributed by atoms with Gasteiger partial charge in [0.15, 0.2) is 0 Å². The van der Waals surface area contributed by atoms with Gasteiger partial charge in [0, 0.05) is 21.8 Å². The fraction of sp³-hybridized carbons (Fsp3) is 0.160. The number of hydrogen-bond donors (Lipinski definition) is 2. The number of nitrogens with one attached hydrogen (secondary N) is 1. The summed E-state index contributed by atoms with van der Waals surface area (Å²) in [4.78, 5) is 41.6. The molecule has 0 radical (unpaired) electrons. The van der Waals surface area contributed by atoms with Crippen LogP contribution in [-0.2, 0) is 0 Å². The van der Waals surface area contributed by atoms with Gasteiger partial charge in [-0.3, -0.25) is 9.78 Å². The Morgan fingerprint density at radius 2 is 1.72 bits per heavy atom. The van der Waals surface area contributed by atoms with Gasteiger partial charge in [-0.05, 0) is 36.8 Å². The number of carbonyl (C=O) groups is 1. The number of hydrogen-bond acceptors (Lipinski definition) is 6. The van der Waals surface area contributed by atoms with E-state index in [0.29, 0.717) is 10.6 Å². The zero-order valence-electron chi connectivity index (χ0n) is 19.5. The summed E-state index contributed by atoms with van der Waals surface area (Å²) in [6, 6.07) is 13.7. The minimum absolute atomic E-state index is 0.0532. The summed E-state index contributed by atoms with van der Waals surface area (Å²) in [5.74, 6) is -1.10. The van der Waals surface area contributed by atoms with Crippen LogP contribution in [0.25, 0.3) is 5.69 Å². The van der Waals surface area contributed by atoms with Crippen LogP contribution in [0.2, 0.25) is 10.0 Å². The van der Waals surface area contributed by atoms with Crippen molar-refractivity contribution in [3.8, 4) is 5.69 Å². The molecular formula is C25H22Cl2N4O4S. The first-order valence-electron chi connectivity index (χ1n) is 10.8. The van der Waals surface area contributed by atoms with Gasteiger partial charge < -0.3 is 5.11 Å². The highest BCUT2D eigenvalue weighted by Gasteiger charge is 2.25. The smallest absolute Gasteiger partial charge is 0.349 e. The van der Waals surface area contributed by atoms with E-state index in [-0.39, 0.29) is 21.3 Å². The second-order valence-electron chi connectivity index (χ2n) is 7.24. The SMILES string of the molecule is CC.Cc1ccc(C(Sc2ncccc2C(=O)O)c2c(Cl)cc(-n3ncc(=O)[nH]c3=O)cc2Cl)cc1. The van der Waals surface area contributed by atoms with E-state index < -0.39 is 22.5 Å². The predicted octanol–water partition coefficient (Wildman–Crippen LogP) is 5.54. The third-order valence-electron chi connectivity index (χ3n) is 4.89. The van der Waals surface area contributed by atoms with E-state index in [0.717, 1.165) is 22.0 Å². The van der Waals surface area contributed by atoms with Gasteiger partial charge in [-0.2, -0.15) is 9.78 Å². The van der Waals surface area contributed by atoms with E-state index in [1.165, 1.54) is 36.2 Å². The molecule has 4 rings (SSSR count). The molecule has 0 amide bonds. The Bertz CT molecular complexity index is 1480. The van der Waals surface area contributed by atoms with E-state index in [9.17, 15) is 19.5 Å². The van der Waals surface area contributed by atoms with Gasteiger partial charge >= 0.3 is 11.7 Å². The van der Waals surface area contributed by atoms with E-state index in [1.807, 2.05) is 45.0 Å². The third-order valence-corrected chi connectivity index (χ3v) is 6.81. The maximum absolute atomic E-state index is 12.2. The lowest BCUT2D eigenvalue weighted by molar-refractivity contribution is 0.0692. The minimum atomic E-state index is -1.10. The molecule has 1 atom stereocenters. The first-order chi connectivity index (χ1) is 17.2. The summed E-state index contributed by atoms with van der Waals surface area (Å²) >= 11 is 14.5. The van der Waals surface area contributed by atoms with E-state index in [2.05, 4.69) is 15.1 Å². The van der Waals surface area contributed by atoms with Gasteiger partial charge in [0.25, 0.3) is 5.56 Å². The number of aromatic nitrogens is 4.